The van der Waals surface area contributed by atoms with Gasteiger partial charge in [-0.2, -0.15) is 0 Å². The third-order valence-corrected chi connectivity index (χ3v) is 4.52. The Morgan fingerprint density at radius 1 is 1.12 bits per heavy atom. The first-order valence-electron chi connectivity index (χ1n) is 7.77. The molecule has 1 aromatic heterocycles. The van der Waals surface area contributed by atoms with Crippen LogP contribution in [0.2, 0.25) is 0 Å². The lowest BCUT2D eigenvalue weighted by molar-refractivity contribution is 0.469. The van der Waals surface area contributed by atoms with Crippen LogP contribution in [0.5, 0.6) is 5.75 Å². The van der Waals surface area contributed by atoms with Gasteiger partial charge in [0, 0.05) is 23.4 Å². The van der Waals surface area contributed by atoms with Crippen molar-refractivity contribution in [2.24, 2.45) is 4.99 Å². The number of fused-ring (bicyclic) bond motifs is 1. The van der Waals surface area contributed by atoms with Gasteiger partial charge in [-0.05, 0) is 51.2 Å². The van der Waals surface area contributed by atoms with E-state index in [9.17, 15) is 5.11 Å². The van der Waals surface area contributed by atoms with Gasteiger partial charge >= 0.3 is 0 Å². The van der Waals surface area contributed by atoms with E-state index in [1.807, 2.05) is 42.5 Å². The van der Waals surface area contributed by atoms with E-state index < -0.39 is 0 Å². The van der Waals surface area contributed by atoms with Gasteiger partial charge in [-0.25, -0.2) is 0 Å². The summed E-state index contributed by atoms with van der Waals surface area (Å²) < 4.78 is 0.674. The summed E-state index contributed by atoms with van der Waals surface area (Å²) in [5.74, 6) is 0.194. The van der Waals surface area contributed by atoms with Crippen LogP contribution < -0.4 is 0 Å². The summed E-state index contributed by atoms with van der Waals surface area (Å²) in [6.45, 7) is 6.42. The van der Waals surface area contributed by atoms with Gasteiger partial charge in [0.25, 0.3) is 0 Å². The van der Waals surface area contributed by atoms with Crippen LogP contribution in [0.15, 0.2) is 58.1 Å². The molecule has 24 heavy (non-hydrogen) atoms. The first-order valence-corrected chi connectivity index (χ1v) is 8.56. The van der Waals surface area contributed by atoms with Crippen molar-refractivity contribution in [2.45, 2.75) is 26.2 Å². The van der Waals surface area contributed by atoms with E-state index in [2.05, 4.69) is 46.7 Å². The van der Waals surface area contributed by atoms with Crippen molar-refractivity contribution in [3.63, 3.8) is 0 Å². The van der Waals surface area contributed by atoms with Crippen molar-refractivity contribution in [2.75, 3.05) is 0 Å². The van der Waals surface area contributed by atoms with E-state index in [4.69, 9.17) is 0 Å². The lowest BCUT2D eigenvalue weighted by atomic mass is 9.86. The van der Waals surface area contributed by atoms with Crippen molar-refractivity contribution >= 4 is 38.7 Å². The van der Waals surface area contributed by atoms with Crippen LogP contribution >= 0.6 is 15.9 Å². The Morgan fingerprint density at radius 3 is 2.62 bits per heavy atom. The third-order valence-electron chi connectivity index (χ3n) is 3.91. The number of aromatic hydroxyl groups is 1. The Bertz CT molecular complexity index is 921. The number of rotatable bonds is 2. The first kappa shape index (κ1) is 16.7. The number of aromatic nitrogens is 1. The minimum Gasteiger partial charge on any atom is -0.506 e. The maximum Gasteiger partial charge on any atom is 0.138 e. The van der Waals surface area contributed by atoms with E-state index >= 15 is 0 Å². The number of hydrogen-bond acceptors (Lipinski definition) is 3. The number of phenols is 1. The molecule has 0 unspecified atom stereocenters. The van der Waals surface area contributed by atoms with E-state index in [1.165, 1.54) is 0 Å². The molecule has 0 aliphatic heterocycles. The lowest BCUT2D eigenvalue weighted by Crippen LogP contribution is -2.11. The molecule has 0 bridgehead atoms. The SMILES string of the molecule is CC(C)(C)c1cc(Br)c(O)c(C=Nc2cccc3cccnc23)c1. The van der Waals surface area contributed by atoms with Crippen LogP contribution in [0.3, 0.4) is 0 Å². The molecule has 0 fully saturated rings. The molecule has 0 saturated carbocycles. The molecule has 3 aromatic rings. The monoisotopic (exact) mass is 382 g/mol. The van der Waals surface area contributed by atoms with Gasteiger partial charge in [0.05, 0.1) is 15.7 Å². The lowest BCUT2D eigenvalue weighted by Gasteiger charge is -2.20. The number of pyridine rings is 1. The molecule has 0 radical (unpaired) electrons. The normalized spacial score (nSPS) is 12.2. The molecule has 0 aliphatic rings. The van der Waals surface area contributed by atoms with Gasteiger partial charge in [0.1, 0.15) is 5.75 Å². The average Bonchev–Trinajstić information content (AvgIpc) is 2.55. The van der Waals surface area contributed by atoms with Crippen LogP contribution in [-0.4, -0.2) is 16.3 Å². The molecular formula is C20H19BrN2O. The van der Waals surface area contributed by atoms with Gasteiger partial charge in [-0.15, -0.1) is 0 Å². The Balaban J connectivity index is 2.07. The van der Waals surface area contributed by atoms with E-state index in [0.29, 0.717) is 10.0 Å². The maximum absolute atomic E-state index is 10.3. The Morgan fingerprint density at radius 2 is 1.88 bits per heavy atom. The fourth-order valence-electron chi connectivity index (χ4n) is 2.48. The quantitative estimate of drug-likeness (QED) is 0.573. The molecule has 1 heterocycles. The van der Waals surface area contributed by atoms with Crippen molar-refractivity contribution < 1.29 is 5.11 Å². The van der Waals surface area contributed by atoms with Gasteiger partial charge in [-0.3, -0.25) is 9.98 Å². The van der Waals surface area contributed by atoms with Crippen LogP contribution in [-0.2, 0) is 5.41 Å². The molecule has 1 N–H and O–H groups in total. The largest absolute Gasteiger partial charge is 0.506 e. The van der Waals surface area contributed by atoms with Gasteiger partial charge in [0.15, 0.2) is 0 Å². The molecular weight excluding hydrogens is 364 g/mol. The zero-order valence-corrected chi connectivity index (χ0v) is 15.5. The minimum absolute atomic E-state index is 0.0141. The maximum atomic E-state index is 10.3. The summed E-state index contributed by atoms with van der Waals surface area (Å²) in [6, 6.07) is 13.7. The number of hydrogen-bond donors (Lipinski definition) is 1. The predicted molar refractivity (Wildman–Crippen MR) is 104 cm³/mol. The average molecular weight is 383 g/mol. The zero-order valence-electron chi connectivity index (χ0n) is 13.9. The molecule has 0 saturated heterocycles. The van der Waals surface area contributed by atoms with Crippen LogP contribution in [0, 0.1) is 0 Å². The fourth-order valence-corrected chi connectivity index (χ4v) is 2.96. The summed E-state index contributed by atoms with van der Waals surface area (Å²) >= 11 is 3.43. The second-order valence-corrected chi connectivity index (χ2v) is 7.61. The van der Waals surface area contributed by atoms with Gasteiger partial charge in [-0.1, -0.05) is 39.0 Å². The summed E-state index contributed by atoms with van der Waals surface area (Å²) in [5, 5.41) is 11.4. The molecule has 3 nitrogen and oxygen atoms in total. The molecule has 0 spiro atoms. The third kappa shape index (κ3) is 3.34. The molecule has 3 rings (SSSR count). The molecule has 0 aliphatic carbocycles. The Labute approximate surface area is 150 Å². The Hall–Kier alpha value is -2.20. The number of phenolic OH excluding ortho intramolecular Hbond substituents is 1. The first-order chi connectivity index (χ1) is 11.4. The number of aliphatic imine (C=N–C) groups is 1. The molecule has 0 amide bonds. The summed E-state index contributed by atoms with van der Waals surface area (Å²) in [7, 11) is 0. The fraction of sp³-hybridized carbons (Fsp3) is 0.200. The number of halogens is 1. The predicted octanol–water partition coefficient (Wildman–Crippen LogP) is 5.75. The van der Waals surface area contributed by atoms with Crippen molar-refractivity contribution in [1.82, 2.24) is 4.98 Å². The number of nitrogens with zero attached hydrogens (tertiary/aromatic N) is 2. The summed E-state index contributed by atoms with van der Waals surface area (Å²) in [4.78, 5) is 8.97. The Kier molecular flexibility index (Phi) is 4.41. The highest BCUT2D eigenvalue weighted by atomic mass is 79.9. The number of benzene rings is 2. The van der Waals surface area contributed by atoms with Crippen molar-refractivity contribution in [1.29, 1.82) is 0 Å². The number of para-hydroxylation sites is 1. The smallest absolute Gasteiger partial charge is 0.138 e. The van der Waals surface area contributed by atoms with E-state index in [0.717, 1.165) is 22.2 Å². The van der Waals surface area contributed by atoms with Gasteiger partial charge < -0.3 is 5.11 Å². The highest BCUT2D eigenvalue weighted by Crippen LogP contribution is 2.34. The van der Waals surface area contributed by atoms with E-state index in [-0.39, 0.29) is 11.2 Å². The van der Waals surface area contributed by atoms with Gasteiger partial charge in [0.2, 0.25) is 0 Å². The standard InChI is InChI=1S/C20H19BrN2O/c1-20(2,3)15-10-14(19(24)16(21)11-15)12-23-17-8-4-6-13-7-5-9-22-18(13)17/h4-12,24H,1-3H3. The van der Waals surface area contributed by atoms with E-state index in [1.54, 1.807) is 12.4 Å². The minimum atomic E-state index is -0.0141. The highest BCUT2D eigenvalue weighted by Gasteiger charge is 2.17. The second kappa shape index (κ2) is 6.36. The summed E-state index contributed by atoms with van der Waals surface area (Å²) in [5.41, 5.74) is 3.43. The zero-order chi connectivity index (χ0) is 17.3. The highest BCUT2D eigenvalue weighted by molar-refractivity contribution is 9.10. The molecule has 2 aromatic carbocycles. The second-order valence-electron chi connectivity index (χ2n) is 6.76. The van der Waals surface area contributed by atoms with Crippen molar-refractivity contribution in [3.8, 4) is 5.75 Å². The topological polar surface area (TPSA) is 45.5 Å². The van der Waals surface area contributed by atoms with Crippen LogP contribution in [0.4, 0.5) is 5.69 Å². The van der Waals surface area contributed by atoms with Crippen LogP contribution in [0.25, 0.3) is 10.9 Å². The molecule has 122 valence electrons. The van der Waals surface area contributed by atoms with Crippen LogP contribution in [0.1, 0.15) is 31.9 Å². The molecule has 0 atom stereocenters. The van der Waals surface area contributed by atoms with Crippen molar-refractivity contribution in [3.05, 3.63) is 64.3 Å². The summed E-state index contributed by atoms with van der Waals surface area (Å²) in [6.07, 6.45) is 3.45. The molecule has 4 heteroatoms.